The molecule has 1 amide bonds. The van der Waals surface area contributed by atoms with Gasteiger partial charge in [0, 0.05) is 11.8 Å². The van der Waals surface area contributed by atoms with Crippen molar-refractivity contribution in [3.8, 4) is 0 Å². The molecule has 0 aliphatic carbocycles. The standard InChI is InChI=1S/C16H21N3OS/c1-10-4-5-13(11(2)8-10)12(3)18-16(20)14-9-21-15(19-14)6-7-17/h4-5,8-9,12H,6-7,17H2,1-3H3,(H,18,20). The van der Waals surface area contributed by atoms with Crippen molar-refractivity contribution in [3.05, 3.63) is 51.0 Å². The van der Waals surface area contributed by atoms with E-state index in [2.05, 4.69) is 42.3 Å². The number of nitrogens with one attached hydrogen (secondary N) is 1. The number of benzene rings is 1. The van der Waals surface area contributed by atoms with Crippen LogP contribution in [0.15, 0.2) is 23.6 Å². The monoisotopic (exact) mass is 303 g/mol. The van der Waals surface area contributed by atoms with Crippen LogP contribution < -0.4 is 11.1 Å². The van der Waals surface area contributed by atoms with Crippen LogP contribution in [0.3, 0.4) is 0 Å². The molecular formula is C16H21N3OS. The molecule has 0 bridgehead atoms. The minimum Gasteiger partial charge on any atom is -0.344 e. The maximum Gasteiger partial charge on any atom is 0.271 e. The summed E-state index contributed by atoms with van der Waals surface area (Å²) in [6.45, 7) is 6.66. The molecule has 0 saturated heterocycles. The highest BCUT2D eigenvalue weighted by Gasteiger charge is 2.15. The number of hydrogen-bond donors (Lipinski definition) is 2. The number of nitrogens with two attached hydrogens (primary N) is 1. The lowest BCUT2D eigenvalue weighted by atomic mass is 10.0. The Morgan fingerprint density at radius 1 is 1.43 bits per heavy atom. The van der Waals surface area contributed by atoms with Gasteiger partial charge in [0.2, 0.25) is 0 Å². The Hall–Kier alpha value is -1.72. The van der Waals surface area contributed by atoms with Gasteiger partial charge in [0.25, 0.3) is 5.91 Å². The third-order valence-corrected chi connectivity index (χ3v) is 4.29. The van der Waals surface area contributed by atoms with Crippen LogP contribution >= 0.6 is 11.3 Å². The van der Waals surface area contributed by atoms with Crippen molar-refractivity contribution in [2.75, 3.05) is 6.54 Å². The van der Waals surface area contributed by atoms with Crippen LogP contribution in [0.1, 0.15) is 45.2 Å². The smallest absolute Gasteiger partial charge is 0.271 e. The average molecular weight is 303 g/mol. The summed E-state index contributed by atoms with van der Waals surface area (Å²) in [5.74, 6) is -0.137. The predicted molar refractivity (Wildman–Crippen MR) is 86.7 cm³/mol. The van der Waals surface area contributed by atoms with Gasteiger partial charge in [-0.1, -0.05) is 23.8 Å². The summed E-state index contributed by atoms with van der Waals surface area (Å²) in [5.41, 5.74) is 9.51. The molecule has 3 N–H and O–H groups in total. The lowest BCUT2D eigenvalue weighted by molar-refractivity contribution is 0.0935. The van der Waals surface area contributed by atoms with Gasteiger partial charge < -0.3 is 11.1 Å². The van der Waals surface area contributed by atoms with E-state index >= 15 is 0 Å². The molecule has 0 aliphatic heterocycles. The lowest BCUT2D eigenvalue weighted by Crippen LogP contribution is -2.27. The molecular weight excluding hydrogens is 282 g/mol. The summed E-state index contributed by atoms with van der Waals surface area (Å²) in [5, 5.41) is 5.69. The summed E-state index contributed by atoms with van der Waals surface area (Å²) in [6.07, 6.45) is 0.713. The molecule has 1 unspecified atom stereocenters. The van der Waals surface area contributed by atoms with Crippen molar-refractivity contribution in [1.29, 1.82) is 0 Å². The number of hydrogen-bond acceptors (Lipinski definition) is 4. The van der Waals surface area contributed by atoms with Crippen molar-refractivity contribution >= 4 is 17.2 Å². The molecule has 1 atom stereocenters. The quantitative estimate of drug-likeness (QED) is 0.892. The Balaban J connectivity index is 2.07. The molecule has 0 aliphatic rings. The Labute approximate surface area is 129 Å². The van der Waals surface area contributed by atoms with Gasteiger partial charge in [-0.2, -0.15) is 0 Å². The Morgan fingerprint density at radius 2 is 2.19 bits per heavy atom. The fourth-order valence-electron chi connectivity index (χ4n) is 2.31. The van der Waals surface area contributed by atoms with E-state index in [1.807, 2.05) is 6.92 Å². The van der Waals surface area contributed by atoms with E-state index in [1.54, 1.807) is 5.38 Å². The van der Waals surface area contributed by atoms with Crippen LogP contribution in [0, 0.1) is 13.8 Å². The van der Waals surface area contributed by atoms with Crippen molar-refractivity contribution in [1.82, 2.24) is 10.3 Å². The minimum atomic E-state index is -0.137. The number of thiazole rings is 1. The molecule has 0 fully saturated rings. The third kappa shape index (κ3) is 3.89. The number of carbonyl (C=O) groups excluding carboxylic acids is 1. The maximum atomic E-state index is 12.2. The molecule has 0 radical (unpaired) electrons. The van der Waals surface area contributed by atoms with Crippen LogP contribution in [-0.4, -0.2) is 17.4 Å². The largest absolute Gasteiger partial charge is 0.344 e. The van der Waals surface area contributed by atoms with Crippen molar-refractivity contribution in [2.45, 2.75) is 33.2 Å². The Morgan fingerprint density at radius 3 is 2.86 bits per heavy atom. The summed E-state index contributed by atoms with van der Waals surface area (Å²) in [6, 6.07) is 6.21. The molecule has 0 spiro atoms. The number of amides is 1. The van der Waals surface area contributed by atoms with Gasteiger partial charge in [0.15, 0.2) is 0 Å². The number of aromatic nitrogens is 1. The summed E-state index contributed by atoms with van der Waals surface area (Å²) < 4.78 is 0. The van der Waals surface area contributed by atoms with E-state index in [9.17, 15) is 4.79 Å². The van der Waals surface area contributed by atoms with Gasteiger partial charge in [0.05, 0.1) is 11.0 Å². The zero-order valence-electron chi connectivity index (χ0n) is 12.6. The van der Waals surface area contributed by atoms with Crippen molar-refractivity contribution < 1.29 is 4.79 Å². The normalized spacial score (nSPS) is 12.2. The van der Waals surface area contributed by atoms with Crippen LogP contribution in [0.2, 0.25) is 0 Å². The highest BCUT2D eigenvalue weighted by Crippen LogP contribution is 2.19. The molecule has 1 aromatic heterocycles. The van der Waals surface area contributed by atoms with E-state index in [0.717, 1.165) is 10.6 Å². The van der Waals surface area contributed by atoms with Gasteiger partial charge in [-0.3, -0.25) is 4.79 Å². The average Bonchev–Trinajstić information content (AvgIpc) is 2.87. The second-order valence-electron chi connectivity index (χ2n) is 5.22. The first kappa shape index (κ1) is 15.7. The summed E-state index contributed by atoms with van der Waals surface area (Å²) in [7, 11) is 0. The fourth-order valence-corrected chi connectivity index (χ4v) is 3.11. The molecule has 1 aromatic carbocycles. The number of aryl methyl sites for hydroxylation is 2. The van der Waals surface area contributed by atoms with Gasteiger partial charge in [0.1, 0.15) is 5.69 Å². The molecule has 2 rings (SSSR count). The van der Waals surface area contributed by atoms with Crippen molar-refractivity contribution in [3.63, 3.8) is 0 Å². The van der Waals surface area contributed by atoms with Gasteiger partial charge in [-0.05, 0) is 38.4 Å². The first-order chi connectivity index (χ1) is 10.0. The van der Waals surface area contributed by atoms with Crippen LogP contribution in [0.4, 0.5) is 0 Å². The van der Waals surface area contributed by atoms with Crippen LogP contribution in [0.25, 0.3) is 0 Å². The lowest BCUT2D eigenvalue weighted by Gasteiger charge is -2.16. The van der Waals surface area contributed by atoms with Crippen LogP contribution in [0.5, 0.6) is 0 Å². The molecule has 112 valence electrons. The number of rotatable bonds is 5. The van der Waals surface area contributed by atoms with Gasteiger partial charge in [-0.15, -0.1) is 11.3 Å². The van der Waals surface area contributed by atoms with Gasteiger partial charge >= 0.3 is 0 Å². The molecule has 5 heteroatoms. The number of nitrogens with zero attached hydrogens (tertiary/aromatic N) is 1. The van der Waals surface area contributed by atoms with Crippen LogP contribution in [-0.2, 0) is 6.42 Å². The summed E-state index contributed by atoms with van der Waals surface area (Å²) in [4.78, 5) is 16.5. The Bertz CT molecular complexity index is 636. The number of carbonyl (C=O) groups is 1. The SMILES string of the molecule is Cc1ccc(C(C)NC(=O)c2csc(CCN)n2)c(C)c1. The molecule has 4 nitrogen and oxygen atoms in total. The second kappa shape index (κ2) is 6.83. The summed E-state index contributed by atoms with van der Waals surface area (Å²) >= 11 is 1.48. The van der Waals surface area contributed by atoms with E-state index in [0.29, 0.717) is 18.7 Å². The topological polar surface area (TPSA) is 68.0 Å². The van der Waals surface area contributed by atoms with E-state index in [4.69, 9.17) is 5.73 Å². The first-order valence-corrected chi connectivity index (χ1v) is 7.91. The minimum absolute atomic E-state index is 0.0437. The molecule has 21 heavy (non-hydrogen) atoms. The van der Waals surface area contributed by atoms with E-state index < -0.39 is 0 Å². The first-order valence-electron chi connectivity index (χ1n) is 7.03. The zero-order valence-corrected chi connectivity index (χ0v) is 13.5. The Kier molecular flexibility index (Phi) is 5.09. The van der Waals surface area contributed by atoms with E-state index in [-0.39, 0.29) is 11.9 Å². The molecule has 0 saturated carbocycles. The van der Waals surface area contributed by atoms with Gasteiger partial charge in [-0.25, -0.2) is 4.98 Å². The maximum absolute atomic E-state index is 12.2. The molecule has 1 heterocycles. The highest BCUT2D eigenvalue weighted by molar-refractivity contribution is 7.09. The fraction of sp³-hybridized carbons (Fsp3) is 0.375. The predicted octanol–water partition coefficient (Wildman–Crippen LogP) is 2.75. The van der Waals surface area contributed by atoms with Crippen molar-refractivity contribution in [2.24, 2.45) is 5.73 Å². The van der Waals surface area contributed by atoms with E-state index in [1.165, 1.54) is 22.5 Å². The highest BCUT2D eigenvalue weighted by atomic mass is 32.1. The molecule has 2 aromatic rings. The zero-order chi connectivity index (χ0) is 15.4. The second-order valence-corrected chi connectivity index (χ2v) is 6.16. The third-order valence-electron chi connectivity index (χ3n) is 3.38.